The van der Waals surface area contributed by atoms with Crippen LogP contribution in [0.5, 0.6) is 0 Å². The average Bonchev–Trinajstić information content (AvgIpc) is 2.84. The Balaban J connectivity index is 2.05. The number of likely N-dealkylation sites (N-methyl/N-ethyl adjacent to an activating group) is 1. The van der Waals surface area contributed by atoms with Crippen LogP contribution in [0.3, 0.4) is 0 Å². The zero-order valence-corrected chi connectivity index (χ0v) is 13.2. The summed E-state index contributed by atoms with van der Waals surface area (Å²) in [6, 6.07) is 11.3. The number of hydrogen-bond donors (Lipinski definition) is 1. The summed E-state index contributed by atoms with van der Waals surface area (Å²) >= 11 is 0. The van der Waals surface area contributed by atoms with Crippen LogP contribution in [0.15, 0.2) is 30.3 Å². The molecule has 2 rings (SSSR count). The van der Waals surface area contributed by atoms with Gasteiger partial charge in [-0.3, -0.25) is 9.80 Å². The first kappa shape index (κ1) is 15.5. The Bertz CT molecular complexity index is 404. The van der Waals surface area contributed by atoms with E-state index in [1.54, 1.807) is 0 Å². The molecule has 20 heavy (non-hydrogen) atoms. The zero-order chi connectivity index (χ0) is 14.6. The maximum atomic E-state index is 6.17. The highest BCUT2D eigenvalue weighted by Crippen LogP contribution is 2.29. The second-order valence-corrected chi connectivity index (χ2v) is 6.25. The first-order chi connectivity index (χ1) is 9.61. The number of nitrogens with zero attached hydrogens (tertiary/aromatic N) is 2. The van der Waals surface area contributed by atoms with Crippen molar-refractivity contribution in [1.29, 1.82) is 0 Å². The molecule has 1 atom stereocenters. The summed E-state index contributed by atoms with van der Waals surface area (Å²) < 4.78 is 0. The third kappa shape index (κ3) is 3.22. The van der Waals surface area contributed by atoms with Crippen LogP contribution in [0.1, 0.15) is 32.8 Å². The molecule has 0 amide bonds. The third-order valence-electron chi connectivity index (χ3n) is 4.61. The highest BCUT2D eigenvalue weighted by molar-refractivity contribution is 5.15. The molecule has 1 aromatic carbocycles. The van der Waals surface area contributed by atoms with Gasteiger partial charge in [0.1, 0.15) is 0 Å². The molecule has 0 saturated carbocycles. The third-order valence-corrected chi connectivity index (χ3v) is 4.61. The summed E-state index contributed by atoms with van der Waals surface area (Å²) in [5.41, 5.74) is 7.73. The van der Waals surface area contributed by atoms with Crippen molar-refractivity contribution in [3.63, 3.8) is 0 Å². The van der Waals surface area contributed by atoms with E-state index in [0.29, 0.717) is 6.04 Å². The predicted molar refractivity (Wildman–Crippen MR) is 85.6 cm³/mol. The molecule has 0 aromatic heterocycles. The number of likely N-dealkylation sites (tertiary alicyclic amines) is 1. The van der Waals surface area contributed by atoms with Crippen LogP contribution in [-0.2, 0) is 6.54 Å². The minimum atomic E-state index is 0.164. The molecule has 1 aliphatic heterocycles. The van der Waals surface area contributed by atoms with Gasteiger partial charge in [-0.15, -0.1) is 0 Å². The van der Waals surface area contributed by atoms with E-state index in [2.05, 4.69) is 60.9 Å². The predicted octanol–water partition coefficient (Wildman–Crippen LogP) is 2.32. The number of nitrogens with two attached hydrogens (primary N) is 1. The van der Waals surface area contributed by atoms with E-state index in [1.807, 2.05) is 0 Å². The zero-order valence-electron chi connectivity index (χ0n) is 13.2. The second-order valence-electron chi connectivity index (χ2n) is 6.25. The molecule has 112 valence electrons. The second kappa shape index (κ2) is 6.70. The van der Waals surface area contributed by atoms with Gasteiger partial charge in [0.2, 0.25) is 0 Å². The Labute approximate surface area is 123 Å². The van der Waals surface area contributed by atoms with Crippen LogP contribution in [0.4, 0.5) is 0 Å². The highest BCUT2D eigenvalue weighted by Gasteiger charge is 2.42. The highest BCUT2D eigenvalue weighted by atomic mass is 15.3. The van der Waals surface area contributed by atoms with Gasteiger partial charge in [0.15, 0.2) is 0 Å². The molecular weight excluding hydrogens is 246 g/mol. The molecule has 3 heteroatoms. The average molecular weight is 275 g/mol. The fourth-order valence-corrected chi connectivity index (χ4v) is 3.68. The number of benzene rings is 1. The van der Waals surface area contributed by atoms with Crippen LogP contribution in [0.2, 0.25) is 0 Å². The normalized spacial score (nSPS) is 23.9. The first-order valence-corrected chi connectivity index (χ1v) is 7.84. The molecule has 1 aromatic rings. The van der Waals surface area contributed by atoms with Crippen molar-refractivity contribution < 1.29 is 0 Å². The van der Waals surface area contributed by atoms with Crippen LogP contribution in [-0.4, -0.2) is 47.6 Å². The Kier molecular flexibility index (Phi) is 5.19. The minimum Gasteiger partial charge on any atom is -0.329 e. The van der Waals surface area contributed by atoms with Crippen LogP contribution in [0.25, 0.3) is 0 Å². The lowest BCUT2D eigenvalue weighted by molar-refractivity contribution is 0.0720. The van der Waals surface area contributed by atoms with Gasteiger partial charge >= 0.3 is 0 Å². The van der Waals surface area contributed by atoms with E-state index in [4.69, 9.17) is 5.73 Å². The van der Waals surface area contributed by atoms with Crippen LogP contribution in [0, 0.1) is 0 Å². The van der Waals surface area contributed by atoms with Crippen molar-refractivity contribution in [2.45, 2.75) is 45.3 Å². The van der Waals surface area contributed by atoms with Gasteiger partial charge in [0, 0.05) is 37.8 Å². The maximum Gasteiger partial charge on any atom is 0.0473 e. The smallest absolute Gasteiger partial charge is 0.0473 e. The Morgan fingerprint density at radius 2 is 2.00 bits per heavy atom. The van der Waals surface area contributed by atoms with E-state index in [-0.39, 0.29) is 5.54 Å². The summed E-state index contributed by atoms with van der Waals surface area (Å²) in [6.07, 6.45) is 1.18. The van der Waals surface area contributed by atoms with Gasteiger partial charge in [-0.25, -0.2) is 0 Å². The fourth-order valence-electron chi connectivity index (χ4n) is 3.68. The van der Waals surface area contributed by atoms with Crippen molar-refractivity contribution in [2.75, 3.05) is 26.2 Å². The SMILES string of the molecule is CCN(C(C)C)C1(CN)CCN(Cc2ccccc2)C1. The summed E-state index contributed by atoms with van der Waals surface area (Å²) in [5.74, 6) is 0. The van der Waals surface area contributed by atoms with E-state index in [9.17, 15) is 0 Å². The Morgan fingerprint density at radius 3 is 2.55 bits per heavy atom. The molecule has 2 N–H and O–H groups in total. The van der Waals surface area contributed by atoms with Gasteiger partial charge in [-0.05, 0) is 32.4 Å². The first-order valence-electron chi connectivity index (χ1n) is 7.84. The molecule has 1 unspecified atom stereocenters. The molecule has 0 aliphatic carbocycles. The van der Waals surface area contributed by atoms with Gasteiger partial charge < -0.3 is 5.73 Å². The van der Waals surface area contributed by atoms with Gasteiger partial charge in [0.05, 0.1) is 0 Å². The summed E-state index contributed by atoms with van der Waals surface area (Å²) in [5, 5.41) is 0. The Hall–Kier alpha value is -0.900. The van der Waals surface area contributed by atoms with Crippen molar-refractivity contribution in [2.24, 2.45) is 5.73 Å². The topological polar surface area (TPSA) is 32.5 Å². The Morgan fingerprint density at radius 1 is 1.30 bits per heavy atom. The van der Waals surface area contributed by atoms with Gasteiger partial charge in [-0.1, -0.05) is 37.3 Å². The summed E-state index contributed by atoms with van der Waals surface area (Å²) in [4.78, 5) is 5.13. The van der Waals surface area contributed by atoms with Gasteiger partial charge in [-0.2, -0.15) is 0 Å². The van der Waals surface area contributed by atoms with E-state index in [0.717, 1.165) is 32.7 Å². The lowest BCUT2D eigenvalue weighted by atomic mass is 9.94. The largest absolute Gasteiger partial charge is 0.329 e. The van der Waals surface area contributed by atoms with Crippen LogP contribution >= 0.6 is 0 Å². The lowest BCUT2D eigenvalue weighted by Gasteiger charge is -2.43. The van der Waals surface area contributed by atoms with Crippen molar-refractivity contribution in [3.05, 3.63) is 35.9 Å². The molecule has 0 radical (unpaired) electrons. The summed E-state index contributed by atoms with van der Waals surface area (Å²) in [6.45, 7) is 11.9. The lowest BCUT2D eigenvalue weighted by Crippen LogP contribution is -2.58. The quantitative estimate of drug-likeness (QED) is 0.865. The van der Waals surface area contributed by atoms with Crippen LogP contribution < -0.4 is 5.73 Å². The molecule has 1 fully saturated rings. The fraction of sp³-hybridized carbons (Fsp3) is 0.647. The number of rotatable bonds is 6. The van der Waals surface area contributed by atoms with E-state index < -0.39 is 0 Å². The minimum absolute atomic E-state index is 0.164. The van der Waals surface area contributed by atoms with E-state index >= 15 is 0 Å². The standard InChI is InChI=1S/C17H29N3/c1-4-20(15(2)3)17(13-18)10-11-19(14-17)12-16-8-6-5-7-9-16/h5-9,15H,4,10-14,18H2,1-3H3. The van der Waals surface area contributed by atoms with Gasteiger partial charge in [0.25, 0.3) is 0 Å². The van der Waals surface area contributed by atoms with Crippen molar-refractivity contribution >= 4 is 0 Å². The summed E-state index contributed by atoms with van der Waals surface area (Å²) in [7, 11) is 0. The molecule has 1 aliphatic rings. The molecule has 0 bridgehead atoms. The molecule has 1 saturated heterocycles. The monoisotopic (exact) mass is 275 g/mol. The molecular formula is C17H29N3. The molecule has 1 heterocycles. The molecule has 0 spiro atoms. The van der Waals surface area contributed by atoms with Crippen molar-refractivity contribution in [1.82, 2.24) is 9.80 Å². The van der Waals surface area contributed by atoms with Crippen molar-refractivity contribution in [3.8, 4) is 0 Å². The van der Waals surface area contributed by atoms with E-state index in [1.165, 1.54) is 12.0 Å². The number of hydrogen-bond acceptors (Lipinski definition) is 3. The maximum absolute atomic E-state index is 6.17. The molecule has 3 nitrogen and oxygen atoms in total.